The standard InChI is InChI=1S/C15H25N3O2/c1-5-10-7-11(12(8-10)15(19)20)14-16-13(6-9(2)3)17-18(14)4/h9-12H,5-8H2,1-4H3,(H,19,20). The molecule has 112 valence electrons. The SMILES string of the molecule is CCC1CC(C(=O)O)C(c2nc(CC(C)C)nn2C)C1. The van der Waals surface area contributed by atoms with Gasteiger partial charge in [-0.1, -0.05) is 27.2 Å². The van der Waals surface area contributed by atoms with Gasteiger partial charge >= 0.3 is 5.97 Å². The summed E-state index contributed by atoms with van der Waals surface area (Å²) in [7, 11) is 1.88. The van der Waals surface area contributed by atoms with Crippen LogP contribution in [0.5, 0.6) is 0 Å². The van der Waals surface area contributed by atoms with Gasteiger partial charge in [-0.2, -0.15) is 5.10 Å². The predicted octanol–water partition coefficient (Wildman–Crippen LogP) is 2.62. The fourth-order valence-electron chi connectivity index (χ4n) is 3.26. The van der Waals surface area contributed by atoms with Crippen molar-refractivity contribution in [2.45, 2.75) is 52.4 Å². The average Bonchev–Trinajstić information content (AvgIpc) is 2.91. The maximum atomic E-state index is 11.5. The molecule has 1 aromatic heterocycles. The number of rotatable bonds is 5. The van der Waals surface area contributed by atoms with Crippen LogP contribution in [-0.2, 0) is 18.3 Å². The fourth-order valence-corrected chi connectivity index (χ4v) is 3.26. The monoisotopic (exact) mass is 279 g/mol. The van der Waals surface area contributed by atoms with Crippen LogP contribution in [0.2, 0.25) is 0 Å². The second-order valence-corrected chi connectivity index (χ2v) is 6.40. The summed E-state index contributed by atoms with van der Waals surface area (Å²) in [6.07, 6.45) is 3.57. The maximum absolute atomic E-state index is 11.5. The van der Waals surface area contributed by atoms with Crippen molar-refractivity contribution in [3.63, 3.8) is 0 Å². The summed E-state index contributed by atoms with van der Waals surface area (Å²) in [5, 5.41) is 13.9. The molecule has 20 heavy (non-hydrogen) atoms. The first-order valence-electron chi connectivity index (χ1n) is 7.54. The summed E-state index contributed by atoms with van der Waals surface area (Å²) in [5.74, 6) is 1.69. The molecule has 0 aliphatic heterocycles. The fraction of sp³-hybridized carbons (Fsp3) is 0.800. The highest BCUT2D eigenvalue weighted by Gasteiger charge is 2.41. The highest BCUT2D eigenvalue weighted by Crippen LogP contribution is 2.43. The third-order valence-corrected chi connectivity index (χ3v) is 4.32. The zero-order valence-corrected chi connectivity index (χ0v) is 12.8. The molecule has 3 unspecified atom stereocenters. The zero-order valence-electron chi connectivity index (χ0n) is 12.8. The highest BCUT2D eigenvalue weighted by atomic mass is 16.4. The number of carboxylic acid groups (broad SMARTS) is 1. The number of hydrogen-bond donors (Lipinski definition) is 1. The number of hydrogen-bond acceptors (Lipinski definition) is 3. The lowest BCUT2D eigenvalue weighted by Gasteiger charge is -2.14. The van der Waals surface area contributed by atoms with E-state index in [1.54, 1.807) is 4.68 Å². The van der Waals surface area contributed by atoms with Crippen molar-refractivity contribution in [1.82, 2.24) is 14.8 Å². The number of aliphatic carboxylic acids is 1. The second kappa shape index (κ2) is 5.94. The third-order valence-electron chi connectivity index (χ3n) is 4.32. The molecule has 1 N–H and O–H groups in total. The van der Waals surface area contributed by atoms with E-state index in [1.165, 1.54) is 0 Å². The molecule has 1 saturated carbocycles. The lowest BCUT2D eigenvalue weighted by atomic mass is 9.95. The first-order chi connectivity index (χ1) is 9.42. The van der Waals surface area contributed by atoms with Gasteiger partial charge in [0.25, 0.3) is 0 Å². The molecule has 1 aromatic rings. The van der Waals surface area contributed by atoms with Crippen molar-refractivity contribution in [3.05, 3.63) is 11.6 Å². The van der Waals surface area contributed by atoms with Gasteiger partial charge in [-0.3, -0.25) is 9.48 Å². The van der Waals surface area contributed by atoms with Crippen LogP contribution in [0.1, 0.15) is 57.6 Å². The van der Waals surface area contributed by atoms with Crippen LogP contribution in [0.4, 0.5) is 0 Å². The van der Waals surface area contributed by atoms with Crippen molar-refractivity contribution in [2.24, 2.45) is 24.8 Å². The minimum atomic E-state index is -0.695. The van der Waals surface area contributed by atoms with Gasteiger partial charge in [0.2, 0.25) is 0 Å². The van der Waals surface area contributed by atoms with Crippen molar-refractivity contribution < 1.29 is 9.90 Å². The van der Waals surface area contributed by atoms with Gasteiger partial charge in [0, 0.05) is 19.4 Å². The molecule has 5 heteroatoms. The molecular weight excluding hydrogens is 254 g/mol. The Labute approximate surface area is 120 Å². The first-order valence-corrected chi connectivity index (χ1v) is 7.54. The van der Waals surface area contributed by atoms with E-state index in [9.17, 15) is 9.90 Å². The Morgan fingerprint density at radius 2 is 2.15 bits per heavy atom. The number of aromatic nitrogens is 3. The average molecular weight is 279 g/mol. The normalized spacial score (nSPS) is 26.4. The molecule has 1 aliphatic rings. The topological polar surface area (TPSA) is 68.0 Å². The highest BCUT2D eigenvalue weighted by molar-refractivity contribution is 5.71. The van der Waals surface area contributed by atoms with Gasteiger partial charge in [0.05, 0.1) is 5.92 Å². The minimum Gasteiger partial charge on any atom is -0.481 e. The van der Waals surface area contributed by atoms with Gasteiger partial charge in [-0.15, -0.1) is 0 Å². The smallest absolute Gasteiger partial charge is 0.307 e. The summed E-state index contributed by atoms with van der Waals surface area (Å²) >= 11 is 0. The summed E-state index contributed by atoms with van der Waals surface area (Å²) < 4.78 is 1.79. The molecule has 0 aromatic carbocycles. The Kier molecular flexibility index (Phi) is 4.45. The van der Waals surface area contributed by atoms with Crippen molar-refractivity contribution >= 4 is 5.97 Å². The molecule has 2 rings (SSSR count). The van der Waals surface area contributed by atoms with Gasteiger partial charge < -0.3 is 5.11 Å². The first kappa shape index (κ1) is 15.0. The minimum absolute atomic E-state index is 0.0101. The van der Waals surface area contributed by atoms with Crippen LogP contribution in [0.3, 0.4) is 0 Å². The number of carbonyl (C=O) groups is 1. The predicted molar refractivity (Wildman–Crippen MR) is 76.4 cm³/mol. The zero-order chi connectivity index (χ0) is 14.9. The largest absolute Gasteiger partial charge is 0.481 e. The third kappa shape index (κ3) is 3.02. The molecule has 0 spiro atoms. The summed E-state index contributed by atoms with van der Waals surface area (Å²) in [4.78, 5) is 16.1. The summed E-state index contributed by atoms with van der Waals surface area (Å²) in [6, 6.07) is 0. The molecule has 1 aliphatic carbocycles. The molecule has 0 bridgehead atoms. The second-order valence-electron chi connectivity index (χ2n) is 6.40. The Bertz CT molecular complexity index is 481. The molecule has 1 fully saturated rings. The molecule has 0 saturated heterocycles. The lowest BCUT2D eigenvalue weighted by molar-refractivity contribution is -0.142. The van der Waals surface area contributed by atoms with E-state index in [4.69, 9.17) is 0 Å². The van der Waals surface area contributed by atoms with Gasteiger partial charge in [0.1, 0.15) is 5.82 Å². The van der Waals surface area contributed by atoms with Crippen LogP contribution in [0, 0.1) is 17.8 Å². The van der Waals surface area contributed by atoms with Crippen LogP contribution in [-0.4, -0.2) is 25.8 Å². The molecule has 5 nitrogen and oxygen atoms in total. The molecule has 0 radical (unpaired) electrons. The van der Waals surface area contributed by atoms with E-state index in [1.807, 2.05) is 7.05 Å². The summed E-state index contributed by atoms with van der Waals surface area (Å²) in [6.45, 7) is 6.41. The van der Waals surface area contributed by atoms with E-state index in [-0.39, 0.29) is 11.8 Å². The van der Waals surface area contributed by atoms with Crippen LogP contribution >= 0.6 is 0 Å². The van der Waals surface area contributed by atoms with Crippen LogP contribution < -0.4 is 0 Å². The number of nitrogens with zero attached hydrogens (tertiary/aromatic N) is 3. The molecule has 3 atom stereocenters. The number of aryl methyl sites for hydroxylation is 1. The summed E-state index contributed by atoms with van der Waals surface area (Å²) in [5.41, 5.74) is 0. The quantitative estimate of drug-likeness (QED) is 0.899. The van der Waals surface area contributed by atoms with Gasteiger partial charge in [-0.05, 0) is 24.7 Å². The van der Waals surface area contributed by atoms with Crippen molar-refractivity contribution in [3.8, 4) is 0 Å². The molecular formula is C15H25N3O2. The Hall–Kier alpha value is -1.39. The van der Waals surface area contributed by atoms with E-state index >= 15 is 0 Å². The number of carboxylic acids is 1. The van der Waals surface area contributed by atoms with E-state index in [0.29, 0.717) is 11.8 Å². The van der Waals surface area contributed by atoms with E-state index in [0.717, 1.165) is 37.3 Å². The molecule has 0 amide bonds. The molecule has 1 heterocycles. The Morgan fingerprint density at radius 3 is 2.70 bits per heavy atom. The van der Waals surface area contributed by atoms with Crippen LogP contribution in [0.15, 0.2) is 0 Å². The van der Waals surface area contributed by atoms with Gasteiger partial charge in [-0.25, -0.2) is 4.98 Å². The van der Waals surface area contributed by atoms with Crippen molar-refractivity contribution in [1.29, 1.82) is 0 Å². The maximum Gasteiger partial charge on any atom is 0.307 e. The van der Waals surface area contributed by atoms with E-state index < -0.39 is 5.97 Å². The van der Waals surface area contributed by atoms with Crippen molar-refractivity contribution in [2.75, 3.05) is 0 Å². The Morgan fingerprint density at radius 1 is 1.45 bits per heavy atom. The van der Waals surface area contributed by atoms with Crippen LogP contribution in [0.25, 0.3) is 0 Å². The lowest BCUT2D eigenvalue weighted by Crippen LogP contribution is -2.19. The Balaban J connectivity index is 2.25. The van der Waals surface area contributed by atoms with E-state index in [2.05, 4.69) is 30.9 Å². The van der Waals surface area contributed by atoms with Gasteiger partial charge in [0.15, 0.2) is 5.82 Å².